The van der Waals surface area contributed by atoms with E-state index in [2.05, 4.69) is 5.32 Å². The van der Waals surface area contributed by atoms with E-state index in [1.165, 1.54) is 14.0 Å². The third kappa shape index (κ3) is 3.42. The maximum absolute atomic E-state index is 11.6. The molecule has 1 aromatic rings. The van der Waals surface area contributed by atoms with E-state index in [0.717, 1.165) is 18.2 Å². The lowest BCUT2D eigenvalue weighted by Crippen LogP contribution is -2.26. The maximum atomic E-state index is 11.6. The summed E-state index contributed by atoms with van der Waals surface area (Å²) < 4.78 is 25.2. The van der Waals surface area contributed by atoms with Crippen molar-refractivity contribution >= 4 is 27.4 Å². The lowest BCUT2D eigenvalue weighted by atomic mass is 10.2. The Morgan fingerprint density at radius 1 is 1.45 bits per heavy atom. The Balaban J connectivity index is 3.29. The highest BCUT2D eigenvalue weighted by molar-refractivity contribution is 7.89. The predicted molar refractivity (Wildman–Crippen MR) is 70.1 cm³/mol. The van der Waals surface area contributed by atoms with Crippen molar-refractivity contribution < 1.29 is 23.2 Å². The van der Waals surface area contributed by atoms with Gasteiger partial charge in [-0.25, -0.2) is 13.1 Å². The zero-order chi connectivity index (χ0) is 15.5. The summed E-state index contributed by atoms with van der Waals surface area (Å²) in [6.07, 6.45) is 0. The highest BCUT2D eigenvalue weighted by atomic mass is 32.2. The fourth-order valence-corrected chi connectivity index (χ4v) is 2.11. The number of aliphatic carboxylic acids is 1. The highest BCUT2D eigenvalue weighted by Gasteiger charge is 2.22. The van der Waals surface area contributed by atoms with Crippen LogP contribution < -0.4 is 10.0 Å². The van der Waals surface area contributed by atoms with Gasteiger partial charge < -0.3 is 10.4 Å². The van der Waals surface area contributed by atoms with Gasteiger partial charge in [-0.15, -0.1) is 0 Å². The van der Waals surface area contributed by atoms with E-state index in [9.17, 15) is 23.3 Å². The maximum Gasteiger partial charge on any atom is 0.325 e. The van der Waals surface area contributed by atoms with Gasteiger partial charge in [-0.2, -0.15) is 0 Å². The van der Waals surface area contributed by atoms with Gasteiger partial charge in [0.05, 0.1) is 9.82 Å². The Kier molecular flexibility index (Phi) is 4.63. The van der Waals surface area contributed by atoms with Gasteiger partial charge in [-0.05, 0) is 26.1 Å². The molecule has 0 heterocycles. The minimum absolute atomic E-state index is 0.0695. The molecule has 0 amide bonds. The van der Waals surface area contributed by atoms with Crippen LogP contribution in [0.25, 0.3) is 0 Å². The molecule has 0 unspecified atom stereocenters. The molecule has 0 aromatic heterocycles. The normalized spacial score (nSPS) is 12.7. The fraction of sp³-hybridized carbons (Fsp3) is 0.300. The third-order valence-corrected chi connectivity index (χ3v) is 3.90. The summed E-state index contributed by atoms with van der Waals surface area (Å²) >= 11 is 0. The molecule has 10 heteroatoms. The van der Waals surface area contributed by atoms with Crippen LogP contribution in [0.15, 0.2) is 23.1 Å². The second-order valence-electron chi connectivity index (χ2n) is 3.85. The molecule has 1 aromatic carbocycles. The molecule has 3 N–H and O–H groups in total. The largest absolute Gasteiger partial charge is 0.480 e. The second-order valence-corrected chi connectivity index (χ2v) is 5.73. The molecule has 110 valence electrons. The van der Waals surface area contributed by atoms with Crippen molar-refractivity contribution in [2.24, 2.45) is 0 Å². The number of nitrogens with one attached hydrogen (secondary N) is 2. The van der Waals surface area contributed by atoms with Crippen LogP contribution >= 0.6 is 0 Å². The van der Waals surface area contributed by atoms with Crippen molar-refractivity contribution in [2.45, 2.75) is 17.9 Å². The highest BCUT2D eigenvalue weighted by Crippen LogP contribution is 2.28. The van der Waals surface area contributed by atoms with Gasteiger partial charge in [-0.3, -0.25) is 14.9 Å². The van der Waals surface area contributed by atoms with Crippen LogP contribution in [0.5, 0.6) is 0 Å². The van der Waals surface area contributed by atoms with E-state index in [4.69, 9.17) is 5.11 Å². The monoisotopic (exact) mass is 303 g/mol. The number of hydrogen-bond acceptors (Lipinski definition) is 6. The molecule has 9 nitrogen and oxygen atoms in total. The van der Waals surface area contributed by atoms with Crippen LogP contribution in [-0.2, 0) is 14.8 Å². The molecule has 0 spiro atoms. The number of carboxylic acids is 1. The zero-order valence-corrected chi connectivity index (χ0v) is 11.5. The molecule has 0 aliphatic carbocycles. The smallest absolute Gasteiger partial charge is 0.325 e. The fourth-order valence-electron chi connectivity index (χ4n) is 1.36. The van der Waals surface area contributed by atoms with Crippen molar-refractivity contribution in [3.63, 3.8) is 0 Å². The standard InChI is InChI=1S/C10H13N3O6S/c1-6(10(14)15)12-8-4-3-7(20(18,19)11-2)5-9(8)13(16)17/h3-6,11-12H,1-2H3,(H,14,15)/t6-/m1/s1. The molecular weight excluding hydrogens is 290 g/mol. The van der Waals surface area contributed by atoms with Crippen molar-refractivity contribution in [1.82, 2.24) is 4.72 Å². The number of anilines is 1. The molecule has 0 fully saturated rings. The molecular formula is C10H13N3O6S. The van der Waals surface area contributed by atoms with Crippen LogP contribution in [0.2, 0.25) is 0 Å². The van der Waals surface area contributed by atoms with Gasteiger partial charge in [0.15, 0.2) is 0 Å². The quantitative estimate of drug-likeness (QED) is 0.510. The second kappa shape index (κ2) is 5.84. The predicted octanol–water partition coefficient (Wildman–Crippen LogP) is 0.388. The number of sulfonamides is 1. The summed E-state index contributed by atoms with van der Waals surface area (Å²) in [7, 11) is -2.63. The van der Waals surface area contributed by atoms with Gasteiger partial charge in [0.1, 0.15) is 11.7 Å². The number of carboxylic acid groups (broad SMARTS) is 1. The van der Waals surface area contributed by atoms with E-state index in [-0.39, 0.29) is 10.6 Å². The first kappa shape index (κ1) is 15.9. The summed E-state index contributed by atoms with van der Waals surface area (Å²) in [5.74, 6) is -1.19. The van der Waals surface area contributed by atoms with Gasteiger partial charge in [0.25, 0.3) is 5.69 Å². The van der Waals surface area contributed by atoms with E-state index >= 15 is 0 Å². The summed E-state index contributed by atoms with van der Waals surface area (Å²) in [6, 6.07) is 2.11. The van der Waals surface area contributed by atoms with Crippen LogP contribution in [-0.4, -0.2) is 37.5 Å². The molecule has 0 radical (unpaired) electrons. The average Bonchev–Trinajstić information content (AvgIpc) is 2.38. The number of rotatable bonds is 6. The van der Waals surface area contributed by atoms with Crippen LogP contribution in [0.3, 0.4) is 0 Å². The Morgan fingerprint density at radius 3 is 2.50 bits per heavy atom. The van der Waals surface area contributed by atoms with Crippen molar-refractivity contribution in [1.29, 1.82) is 0 Å². The summed E-state index contributed by atoms with van der Waals surface area (Å²) in [5.41, 5.74) is -0.589. The Labute approximate surface area is 114 Å². The zero-order valence-electron chi connectivity index (χ0n) is 10.7. The summed E-state index contributed by atoms with van der Waals surface area (Å²) in [5, 5.41) is 22.1. The van der Waals surface area contributed by atoms with Gasteiger partial charge in [0.2, 0.25) is 10.0 Å². The Hall–Kier alpha value is -2.20. The molecule has 0 aliphatic rings. The first-order valence-corrected chi connectivity index (χ1v) is 6.88. The first-order valence-electron chi connectivity index (χ1n) is 5.40. The van der Waals surface area contributed by atoms with Crippen LogP contribution in [0.1, 0.15) is 6.92 Å². The summed E-state index contributed by atoms with van der Waals surface area (Å²) in [6.45, 7) is 1.31. The first-order chi connectivity index (χ1) is 9.19. The minimum atomic E-state index is -3.81. The molecule has 0 saturated heterocycles. The SMILES string of the molecule is CNS(=O)(=O)c1ccc(N[C@H](C)C(=O)O)c([N+](=O)[O-])c1. The van der Waals surface area contributed by atoms with Crippen LogP contribution in [0.4, 0.5) is 11.4 Å². The molecule has 0 saturated carbocycles. The van der Waals surface area contributed by atoms with E-state index in [1.54, 1.807) is 0 Å². The Morgan fingerprint density at radius 2 is 2.05 bits per heavy atom. The summed E-state index contributed by atoms with van der Waals surface area (Å²) in [4.78, 5) is 20.6. The number of hydrogen-bond donors (Lipinski definition) is 3. The van der Waals surface area contributed by atoms with Crippen molar-refractivity contribution in [3.8, 4) is 0 Å². The molecule has 1 atom stereocenters. The van der Waals surface area contributed by atoms with E-state index < -0.39 is 32.6 Å². The molecule has 0 bridgehead atoms. The van der Waals surface area contributed by atoms with Gasteiger partial charge in [0, 0.05) is 6.07 Å². The van der Waals surface area contributed by atoms with Gasteiger partial charge in [-0.1, -0.05) is 0 Å². The lowest BCUT2D eigenvalue weighted by molar-refractivity contribution is -0.384. The average molecular weight is 303 g/mol. The molecule has 0 aliphatic heterocycles. The topological polar surface area (TPSA) is 139 Å². The number of nitro benzene ring substituents is 1. The Bertz CT molecular complexity index is 642. The number of nitro groups is 1. The minimum Gasteiger partial charge on any atom is -0.480 e. The van der Waals surface area contributed by atoms with Crippen molar-refractivity contribution in [3.05, 3.63) is 28.3 Å². The number of carbonyl (C=O) groups is 1. The molecule has 1 rings (SSSR count). The third-order valence-electron chi connectivity index (χ3n) is 2.49. The van der Waals surface area contributed by atoms with Gasteiger partial charge >= 0.3 is 5.97 Å². The van der Waals surface area contributed by atoms with E-state index in [0.29, 0.717) is 0 Å². The number of benzene rings is 1. The van der Waals surface area contributed by atoms with E-state index in [1.807, 2.05) is 4.72 Å². The number of nitrogens with zero attached hydrogens (tertiary/aromatic N) is 1. The van der Waals surface area contributed by atoms with Crippen molar-refractivity contribution in [2.75, 3.05) is 12.4 Å². The lowest BCUT2D eigenvalue weighted by Gasteiger charge is -2.11. The van der Waals surface area contributed by atoms with Crippen LogP contribution in [0, 0.1) is 10.1 Å². The molecule has 20 heavy (non-hydrogen) atoms.